The Morgan fingerprint density at radius 2 is 1.83 bits per heavy atom. The molecule has 0 bridgehead atoms. The Kier molecular flexibility index (Phi) is 2.22. The molecule has 0 saturated carbocycles. The monoisotopic (exact) mass is 272 g/mol. The first-order valence-corrected chi connectivity index (χ1v) is 6.95. The molecule has 0 aliphatic carbocycles. The van der Waals surface area contributed by atoms with Gasteiger partial charge in [-0.25, -0.2) is 16.8 Å². The number of hydrogen-bond donors (Lipinski definition) is 0. The number of allylic oxidation sites excluding steroid dienone is 2. The van der Waals surface area contributed by atoms with Crippen LogP contribution in [-0.2, 0) is 19.7 Å². The molecule has 4 nitrogen and oxygen atoms in total. The zero-order chi connectivity index (χ0) is 9.57. The highest BCUT2D eigenvalue weighted by Gasteiger charge is 2.32. The molecule has 0 aromatic carbocycles. The van der Waals surface area contributed by atoms with E-state index in [2.05, 4.69) is 15.9 Å². The topological polar surface area (TPSA) is 68.3 Å². The molecule has 1 rings (SSSR count). The van der Waals surface area contributed by atoms with E-state index in [4.69, 9.17) is 0 Å². The average molecular weight is 273 g/mol. The van der Waals surface area contributed by atoms with Crippen LogP contribution in [0.4, 0.5) is 0 Å². The van der Waals surface area contributed by atoms with Gasteiger partial charge in [0.25, 0.3) is 0 Å². The maximum atomic E-state index is 11.2. The second-order valence-electron chi connectivity index (χ2n) is 2.23. The lowest BCUT2D eigenvalue weighted by molar-refractivity contribution is 0.603. The third-order valence-electron chi connectivity index (χ3n) is 1.24. The van der Waals surface area contributed by atoms with Crippen molar-refractivity contribution in [2.24, 2.45) is 0 Å². The molecular formula is C5H5BrO4S2. The zero-order valence-electron chi connectivity index (χ0n) is 5.98. The Morgan fingerprint density at radius 3 is 2.00 bits per heavy atom. The molecule has 0 unspecified atom stereocenters. The minimum atomic E-state index is -3.77. The van der Waals surface area contributed by atoms with Gasteiger partial charge in [-0.1, -0.05) is 0 Å². The number of rotatable bonds is 1. The smallest absolute Gasteiger partial charge is 0.223 e. The van der Waals surface area contributed by atoms with Crippen molar-refractivity contribution in [3.05, 3.63) is 20.2 Å². The maximum Gasteiger partial charge on any atom is 0.224 e. The highest BCUT2D eigenvalue weighted by Crippen LogP contribution is 2.31. The van der Waals surface area contributed by atoms with Gasteiger partial charge in [0.2, 0.25) is 9.84 Å². The number of sulfone groups is 2. The van der Waals surface area contributed by atoms with E-state index in [9.17, 15) is 16.8 Å². The molecule has 0 saturated heterocycles. The average Bonchev–Trinajstić information content (AvgIpc) is 2.06. The van der Waals surface area contributed by atoms with Gasteiger partial charge in [-0.05, 0) is 28.1 Å². The van der Waals surface area contributed by atoms with Crippen LogP contribution in [0.25, 0.3) is 0 Å². The standard InChI is InChI=1S/C5H5BrO4S2/c1-11(7,8)5-3-2-4(6)12(5,9)10/h2-3H,1H3. The third kappa shape index (κ3) is 1.48. The van der Waals surface area contributed by atoms with Gasteiger partial charge in [-0.15, -0.1) is 0 Å². The minimum absolute atomic E-state index is 0.115. The van der Waals surface area contributed by atoms with E-state index in [0.29, 0.717) is 0 Å². The molecule has 1 aliphatic rings. The van der Waals surface area contributed by atoms with E-state index in [1.54, 1.807) is 0 Å². The van der Waals surface area contributed by atoms with Crippen LogP contribution in [0.1, 0.15) is 0 Å². The fourth-order valence-corrected chi connectivity index (χ4v) is 4.57. The van der Waals surface area contributed by atoms with Crippen molar-refractivity contribution >= 4 is 35.6 Å². The first-order valence-electron chi connectivity index (χ1n) is 2.79. The fourth-order valence-electron chi connectivity index (χ4n) is 0.732. The van der Waals surface area contributed by atoms with Crippen LogP contribution in [0.3, 0.4) is 0 Å². The molecule has 0 atom stereocenters. The predicted molar refractivity (Wildman–Crippen MR) is 48.9 cm³/mol. The molecule has 7 heteroatoms. The van der Waals surface area contributed by atoms with E-state index in [1.807, 2.05) is 0 Å². The molecule has 0 aromatic rings. The van der Waals surface area contributed by atoms with Crippen molar-refractivity contribution in [1.29, 1.82) is 0 Å². The van der Waals surface area contributed by atoms with E-state index in [1.165, 1.54) is 6.08 Å². The van der Waals surface area contributed by atoms with Crippen molar-refractivity contribution < 1.29 is 16.8 Å². The minimum Gasteiger partial charge on any atom is -0.223 e. The summed E-state index contributed by atoms with van der Waals surface area (Å²) in [6.07, 6.45) is 3.12. The van der Waals surface area contributed by atoms with Crippen LogP contribution < -0.4 is 0 Å². The summed E-state index contributed by atoms with van der Waals surface area (Å²) in [5.41, 5.74) is 0. The van der Waals surface area contributed by atoms with Gasteiger partial charge >= 0.3 is 0 Å². The fraction of sp³-hybridized carbons (Fsp3) is 0.200. The summed E-state index contributed by atoms with van der Waals surface area (Å²) < 4.78 is 43.5. The third-order valence-corrected chi connectivity index (χ3v) is 6.53. The van der Waals surface area contributed by atoms with Gasteiger partial charge in [0, 0.05) is 6.26 Å². The first kappa shape index (κ1) is 9.94. The molecule has 0 aromatic heterocycles. The Labute approximate surface area is 78.9 Å². The molecule has 0 N–H and O–H groups in total. The maximum absolute atomic E-state index is 11.2. The second-order valence-corrected chi connectivity index (χ2v) is 7.74. The Balaban J connectivity index is 3.41. The first-order chi connectivity index (χ1) is 5.26. The van der Waals surface area contributed by atoms with Crippen LogP contribution in [0.5, 0.6) is 0 Å². The highest BCUT2D eigenvalue weighted by molar-refractivity contribution is 9.13. The van der Waals surface area contributed by atoms with E-state index in [0.717, 1.165) is 12.3 Å². The van der Waals surface area contributed by atoms with Crippen molar-refractivity contribution in [3.8, 4) is 0 Å². The summed E-state index contributed by atoms with van der Waals surface area (Å²) in [5, 5.41) is 0. The van der Waals surface area contributed by atoms with Crippen LogP contribution >= 0.6 is 15.9 Å². The SMILES string of the molecule is CS(=O)(=O)C1=CC=C(Br)S1(=O)=O. The van der Waals surface area contributed by atoms with E-state index < -0.39 is 23.9 Å². The quantitative estimate of drug-likeness (QED) is 0.699. The van der Waals surface area contributed by atoms with Gasteiger partial charge in [0.1, 0.15) is 3.81 Å². The van der Waals surface area contributed by atoms with E-state index in [-0.39, 0.29) is 3.81 Å². The van der Waals surface area contributed by atoms with Crippen molar-refractivity contribution in [3.63, 3.8) is 0 Å². The molecule has 1 heterocycles. The Bertz CT molecular complexity index is 466. The summed E-state index contributed by atoms with van der Waals surface area (Å²) in [6, 6.07) is 0. The largest absolute Gasteiger partial charge is 0.224 e. The molecule has 0 spiro atoms. The van der Waals surface area contributed by atoms with E-state index >= 15 is 0 Å². The summed E-state index contributed by atoms with van der Waals surface area (Å²) in [4.78, 5) is 0. The van der Waals surface area contributed by atoms with Crippen LogP contribution in [0.2, 0.25) is 0 Å². The highest BCUT2D eigenvalue weighted by atomic mass is 79.9. The summed E-state index contributed by atoms with van der Waals surface area (Å²) in [7, 11) is -7.42. The number of hydrogen-bond acceptors (Lipinski definition) is 4. The molecule has 1 aliphatic heterocycles. The van der Waals surface area contributed by atoms with Gasteiger partial charge in [-0.2, -0.15) is 0 Å². The lowest BCUT2D eigenvalue weighted by Gasteiger charge is -1.98. The molecule has 12 heavy (non-hydrogen) atoms. The Morgan fingerprint density at radius 1 is 1.33 bits per heavy atom. The predicted octanol–water partition coefficient (Wildman–Crippen LogP) is 0.537. The Hall–Kier alpha value is -0.140. The molecule has 0 radical (unpaired) electrons. The second kappa shape index (κ2) is 2.68. The molecular weight excluding hydrogens is 268 g/mol. The zero-order valence-corrected chi connectivity index (χ0v) is 9.20. The lowest BCUT2D eigenvalue weighted by Crippen LogP contribution is -2.09. The van der Waals surface area contributed by atoms with Crippen molar-refractivity contribution in [2.75, 3.05) is 6.26 Å². The summed E-state index contributed by atoms with van der Waals surface area (Å²) in [5.74, 6) is 0. The van der Waals surface area contributed by atoms with Crippen LogP contribution in [0.15, 0.2) is 20.2 Å². The van der Waals surface area contributed by atoms with Crippen LogP contribution in [0, 0.1) is 0 Å². The van der Waals surface area contributed by atoms with Crippen molar-refractivity contribution in [2.45, 2.75) is 0 Å². The summed E-state index contributed by atoms with van der Waals surface area (Å²) in [6.45, 7) is 0. The number of halogens is 1. The lowest BCUT2D eigenvalue weighted by atomic mass is 10.6. The molecule has 0 amide bonds. The van der Waals surface area contributed by atoms with Gasteiger partial charge in [0.15, 0.2) is 14.1 Å². The van der Waals surface area contributed by atoms with Gasteiger partial charge in [-0.3, -0.25) is 0 Å². The van der Waals surface area contributed by atoms with Gasteiger partial charge in [0.05, 0.1) is 0 Å². The van der Waals surface area contributed by atoms with Crippen molar-refractivity contribution in [1.82, 2.24) is 0 Å². The normalized spacial score (nSPS) is 21.8. The van der Waals surface area contributed by atoms with Crippen LogP contribution in [-0.4, -0.2) is 23.1 Å². The summed E-state index contributed by atoms with van der Waals surface area (Å²) >= 11 is 2.75. The van der Waals surface area contributed by atoms with Gasteiger partial charge < -0.3 is 0 Å². The molecule has 68 valence electrons. The molecule has 0 fully saturated rings.